The van der Waals surface area contributed by atoms with Crippen molar-refractivity contribution in [3.63, 3.8) is 0 Å². The van der Waals surface area contributed by atoms with Crippen molar-refractivity contribution in [3.05, 3.63) is 30.3 Å². The summed E-state index contributed by atoms with van der Waals surface area (Å²) in [6.07, 6.45) is 0.751. The summed E-state index contributed by atoms with van der Waals surface area (Å²) in [6, 6.07) is 9.71. The molecule has 0 aromatic heterocycles. The van der Waals surface area contributed by atoms with Crippen LogP contribution in [0, 0.1) is 0 Å². The predicted octanol–water partition coefficient (Wildman–Crippen LogP) is 3.06. The maximum atomic E-state index is 5.70. The van der Waals surface area contributed by atoms with Crippen LogP contribution in [0.2, 0.25) is 0 Å². The molecule has 0 saturated heterocycles. The van der Waals surface area contributed by atoms with Gasteiger partial charge in [0.2, 0.25) is 0 Å². The molecule has 2 nitrogen and oxygen atoms in total. The second kappa shape index (κ2) is 4.78. The topological polar surface area (TPSA) is 24.4 Å². The Labute approximate surface area is 77.2 Å². The van der Waals surface area contributed by atoms with Crippen molar-refractivity contribution < 1.29 is 0 Å². The number of benzene rings is 1. The third kappa shape index (κ3) is 2.93. The maximum Gasteiger partial charge on any atom is 0.126 e. The summed E-state index contributed by atoms with van der Waals surface area (Å²) in [6.45, 7) is 1.96. The number of rotatable bonds is 3. The average molecular weight is 183 g/mol. The first-order chi connectivity index (χ1) is 5.83. The molecular formula is C9H11ClN2. The number of anilines is 1. The number of halogens is 1. The van der Waals surface area contributed by atoms with Crippen molar-refractivity contribution in [1.82, 2.24) is 0 Å². The molecule has 0 aliphatic heterocycles. The molecule has 0 bridgehead atoms. The van der Waals surface area contributed by atoms with Crippen LogP contribution in [0.5, 0.6) is 0 Å². The maximum absolute atomic E-state index is 5.70. The average Bonchev–Trinajstić information content (AvgIpc) is 2.16. The molecule has 0 spiro atoms. The molecule has 0 heterocycles. The van der Waals surface area contributed by atoms with E-state index in [2.05, 4.69) is 10.5 Å². The molecule has 0 atom stereocenters. The van der Waals surface area contributed by atoms with Gasteiger partial charge in [-0.05, 0) is 18.6 Å². The van der Waals surface area contributed by atoms with Gasteiger partial charge in [0.05, 0.1) is 5.69 Å². The van der Waals surface area contributed by atoms with Crippen molar-refractivity contribution in [2.24, 2.45) is 5.10 Å². The second-order valence-corrected chi connectivity index (χ2v) is 2.76. The van der Waals surface area contributed by atoms with Crippen molar-refractivity contribution in [3.8, 4) is 0 Å². The molecule has 0 saturated carbocycles. The van der Waals surface area contributed by atoms with Gasteiger partial charge in [-0.2, -0.15) is 5.10 Å². The van der Waals surface area contributed by atoms with Crippen molar-refractivity contribution in [2.45, 2.75) is 13.3 Å². The normalized spacial score (nSPS) is 11.3. The molecule has 0 aliphatic carbocycles. The zero-order valence-electron chi connectivity index (χ0n) is 6.92. The third-order valence-electron chi connectivity index (χ3n) is 1.37. The Morgan fingerprint density at radius 1 is 1.42 bits per heavy atom. The monoisotopic (exact) mass is 182 g/mol. The van der Waals surface area contributed by atoms with E-state index in [0.717, 1.165) is 12.1 Å². The molecule has 64 valence electrons. The molecule has 1 aromatic rings. The van der Waals surface area contributed by atoms with Gasteiger partial charge in [-0.15, -0.1) is 0 Å². The van der Waals surface area contributed by atoms with Crippen LogP contribution in [-0.2, 0) is 0 Å². The lowest BCUT2D eigenvalue weighted by atomic mass is 10.3. The van der Waals surface area contributed by atoms with Gasteiger partial charge < -0.3 is 0 Å². The van der Waals surface area contributed by atoms with E-state index in [1.54, 1.807) is 0 Å². The summed E-state index contributed by atoms with van der Waals surface area (Å²) in [5.74, 6) is 0. The molecular weight excluding hydrogens is 172 g/mol. The number of hydrogen-bond acceptors (Lipinski definition) is 2. The fourth-order valence-electron chi connectivity index (χ4n) is 0.717. The summed E-state index contributed by atoms with van der Waals surface area (Å²) in [5.41, 5.74) is 3.80. The summed E-state index contributed by atoms with van der Waals surface area (Å²) in [4.78, 5) is 0. The number of hydrazone groups is 1. The summed E-state index contributed by atoms with van der Waals surface area (Å²) >= 11 is 5.70. The van der Waals surface area contributed by atoms with Gasteiger partial charge in [-0.25, -0.2) is 0 Å². The van der Waals surface area contributed by atoms with Crippen LogP contribution in [0.25, 0.3) is 0 Å². The van der Waals surface area contributed by atoms with E-state index in [4.69, 9.17) is 11.6 Å². The summed E-state index contributed by atoms with van der Waals surface area (Å²) in [7, 11) is 0. The van der Waals surface area contributed by atoms with Crippen molar-refractivity contribution in [1.29, 1.82) is 0 Å². The van der Waals surface area contributed by atoms with E-state index in [-0.39, 0.29) is 0 Å². The van der Waals surface area contributed by atoms with Crippen LogP contribution in [0.15, 0.2) is 35.4 Å². The molecule has 0 unspecified atom stereocenters. The van der Waals surface area contributed by atoms with E-state index >= 15 is 0 Å². The van der Waals surface area contributed by atoms with E-state index in [0.29, 0.717) is 5.17 Å². The highest BCUT2D eigenvalue weighted by Gasteiger charge is 1.88. The van der Waals surface area contributed by atoms with Gasteiger partial charge in [0.25, 0.3) is 0 Å². The largest absolute Gasteiger partial charge is 0.277 e. The fraction of sp³-hybridized carbons (Fsp3) is 0.222. The van der Waals surface area contributed by atoms with Gasteiger partial charge in [0.1, 0.15) is 5.17 Å². The molecule has 0 amide bonds. The van der Waals surface area contributed by atoms with Gasteiger partial charge in [-0.3, -0.25) is 5.43 Å². The van der Waals surface area contributed by atoms with Crippen molar-refractivity contribution in [2.75, 3.05) is 5.43 Å². The van der Waals surface area contributed by atoms with E-state index in [1.165, 1.54) is 0 Å². The molecule has 3 heteroatoms. The second-order valence-electron chi connectivity index (χ2n) is 2.32. The fourth-order valence-corrected chi connectivity index (χ4v) is 0.759. The smallest absolute Gasteiger partial charge is 0.126 e. The molecule has 1 rings (SSSR count). The minimum Gasteiger partial charge on any atom is -0.277 e. The first-order valence-corrected chi connectivity index (χ1v) is 4.24. The highest BCUT2D eigenvalue weighted by atomic mass is 35.5. The van der Waals surface area contributed by atoms with Gasteiger partial charge in [-0.1, -0.05) is 36.7 Å². The first-order valence-electron chi connectivity index (χ1n) is 3.86. The van der Waals surface area contributed by atoms with Crippen LogP contribution in [0.4, 0.5) is 5.69 Å². The number of para-hydroxylation sites is 1. The Morgan fingerprint density at radius 3 is 2.67 bits per heavy atom. The zero-order chi connectivity index (χ0) is 8.81. The highest BCUT2D eigenvalue weighted by Crippen LogP contribution is 2.05. The molecule has 0 aliphatic rings. The Balaban J connectivity index is 2.54. The van der Waals surface area contributed by atoms with Gasteiger partial charge in [0.15, 0.2) is 0 Å². The number of hydrogen-bond donors (Lipinski definition) is 1. The van der Waals surface area contributed by atoms with Crippen LogP contribution in [0.1, 0.15) is 13.3 Å². The standard InChI is InChI=1S/C9H11ClN2/c1-2-9(10)12-11-8-6-4-3-5-7-8/h3-7,11H,2H2,1H3. The van der Waals surface area contributed by atoms with Gasteiger partial charge in [0, 0.05) is 0 Å². The molecule has 0 radical (unpaired) electrons. The summed E-state index contributed by atoms with van der Waals surface area (Å²) in [5, 5.41) is 4.53. The van der Waals surface area contributed by atoms with E-state index in [1.807, 2.05) is 37.3 Å². The van der Waals surface area contributed by atoms with Crippen molar-refractivity contribution >= 4 is 22.5 Å². The molecule has 1 N–H and O–H groups in total. The number of nitrogens with one attached hydrogen (secondary N) is 1. The van der Waals surface area contributed by atoms with E-state index in [9.17, 15) is 0 Å². The quantitative estimate of drug-likeness (QED) is 0.564. The Kier molecular flexibility index (Phi) is 3.61. The minimum atomic E-state index is 0.582. The van der Waals surface area contributed by atoms with Crippen LogP contribution < -0.4 is 5.43 Å². The lowest BCUT2D eigenvalue weighted by molar-refractivity contribution is 1.25. The minimum absolute atomic E-state index is 0.582. The summed E-state index contributed by atoms with van der Waals surface area (Å²) < 4.78 is 0. The van der Waals surface area contributed by atoms with Crippen LogP contribution in [-0.4, -0.2) is 5.17 Å². The lowest BCUT2D eigenvalue weighted by Crippen LogP contribution is -1.92. The van der Waals surface area contributed by atoms with Crippen LogP contribution in [0.3, 0.4) is 0 Å². The Bertz CT molecular complexity index is 256. The molecule has 0 fully saturated rings. The van der Waals surface area contributed by atoms with Crippen LogP contribution >= 0.6 is 11.6 Å². The molecule has 1 aromatic carbocycles. The lowest BCUT2D eigenvalue weighted by Gasteiger charge is -1.98. The Hall–Kier alpha value is -1.02. The third-order valence-corrected chi connectivity index (χ3v) is 1.72. The predicted molar refractivity (Wildman–Crippen MR) is 53.6 cm³/mol. The highest BCUT2D eigenvalue weighted by molar-refractivity contribution is 6.65. The SMILES string of the molecule is CCC(Cl)=NNc1ccccc1. The number of nitrogens with zero attached hydrogens (tertiary/aromatic N) is 1. The first kappa shape index (κ1) is 9.07. The Morgan fingerprint density at radius 2 is 2.08 bits per heavy atom. The van der Waals surface area contributed by atoms with Gasteiger partial charge >= 0.3 is 0 Å². The van der Waals surface area contributed by atoms with E-state index < -0.39 is 0 Å². The zero-order valence-corrected chi connectivity index (χ0v) is 7.67. The molecule has 12 heavy (non-hydrogen) atoms.